The summed E-state index contributed by atoms with van der Waals surface area (Å²) in [6, 6.07) is 16.2. The van der Waals surface area contributed by atoms with Crippen LogP contribution in [0.2, 0.25) is 0 Å². The molecule has 1 N–H and O–H groups in total. The Morgan fingerprint density at radius 1 is 1.04 bits per heavy atom. The molecule has 0 saturated heterocycles. The molecule has 6 nitrogen and oxygen atoms in total. The average molecular weight is 343 g/mol. The van der Waals surface area contributed by atoms with Crippen molar-refractivity contribution in [2.75, 3.05) is 11.1 Å². The number of hydrogen-bond donors (Lipinski definition) is 1. The van der Waals surface area contributed by atoms with Gasteiger partial charge in [-0.3, -0.25) is 0 Å². The lowest BCUT2D eigenvalue weighted by atomic mass is 10.2. The molecule has 0 unspecified atom stereocenters. The topological polar surface area (TPSA) is 85.1 Å². The summed E-state index contributed by atoms with van der Waals surface area (Å²) in [5.74, 6) is 1.08. The van der Waals surface area contributed by atoms with Gasteiger partial charge in [-0.25, -0.2) is 8.42 Å². The molecule has 0 bridgehead atoms. The fourth-order valence-corrected chi connectivity index (χ4v) is 3.04. The van der Waals surface area contributed by atoms with Crippen LogP contribution in [0.5, 0.6) is 0 Å². The van der Waals surface area contributed by atoms with Crippen molar-refractivity contribution in [3.05, 3.63) is 60.4 Å². The van der Waals surface area contributed by atoms with Gasteiger partial charge in [0.2, 0.25) is 0 Å². The maximum Gasteiger partial charge on any atom is 0.257 e. The van der Waals surface area contributed by atoms with Gasteiger partial charge in [-0.2, -0.15) is 4.98 Å². The highest BCUT2D eigenvalue weighted by Gasteiger charge is 2.11. The molecule has 2 aromatic carbocycles. The molecule has 0 aliphatic heterocycles. The van der Waals surface area contributed by atoms with Crippen molar-refractivity contribution in [2.45, 2.75) is 18.4 Å². The zero-order valence-corrected chi connectivity index (χ0v) is 14.0. The maximum absolute atomic E-state index is 11.8. The summed E-state index contributed by atoms with van der Waals surface area (Å²) in [5, 5.41) is 7.08. The third-order valence-corrected chi connectivity index (χ3v) is 5.28. The number of sulfone groups is 1. The van der Waals surface area contributed by atoms with Crippen LogP contribution in [-0.2, 0) is 16.4 Å². The van der Waals surface area contributed by atoms with Crippen molar-refractivity contribution in [3.8, 4) is 11.5 Å². The molecule has 124 valence electrons. The molecule has 7 heteroatoms. The Balaban J connectivity index is 1.65. The van der Waals surface area contributed by atoms with Gasteiger partial charge in [-0.15, -0.1) is 0 Å². The first-order valence-corrected chi connectivity index (χ1v) is 9.18. The summed E-state index contributed by atoms with van der Waals surface area (Å²) in [7, 11) is -3.18. The molecule has 0 fully saturated rings. The summed E-state index contributed by atoms with van der Waals surface area (Å²) >= 11 is 0. The normalized spacial score (nSPS) is 11.4. The number of hydrogen-bond acceptors (Lipinski definition) is 6. The van der Waals surface area contributed by atoms with Crippen molar-refractivity contribution in [3.63, 3.8) is 0 Å². The van der Waals surface area contributed by atoms with Crippen LogP contribution in [0.4, 0.5) is 5.69 Å². The first-order chi connectivity index (χ1) is 11.6. The molecule has 0 atom stereocenters. The van der Waals surface area contributed by atoms with Crippen LogP contribution >= 0.6 is 0 Å². The number of aromatic nitrogens is 2. The Kier molecular flexibility index (Phi) is 4.61. The Morgan fingerprint density at radius 2 is 1.75 bits per heavy atom. The van der Waals surface area contributed by atoms with E-state index in [2.05, 4.69) is 15.5 Å². The average Bonchev–Trinajstić information content (AvgIpc) is 3.10. The van der Waals surface area contributed by atoms with Crippen molar-refractivity contribution in [1.82, 2.24) is 10.1 Å². The summed E-state index contributed by atoms with van der Waals surface area (Å²) in [6.45, 7) is 2.01. The van der Waals surface area contributed by atoms with Gasteiger partial charge in [0.05, 0.1) is 17.2 Å². The second-order valence-electron chi connectivity index (χ2n) is 5.16. The van der Waals surface area contributed by atoms with Gasteiger partial charge in [-0.05, 0) is 36.4 Å². The largest absolute Gasteiger partial charge is 0.378 e. The summed E-state index contributed by atoms with van der Waals surface area (Å²) in [4.78, 5) is 4.65. The minimum Gasteiger partial charge on any atom is -0.378 e. The predicted octanol–water partition coefficient (Wildman–Crippen LogP) is 3.14. The lowest BCUT2D eigenvalue weighted by Crippen LogP contribution is -2.04. The van der Waals surface area contributed by atoms with Crippen molar-refractivity contribution < 1.29 is 12.9 Å². The molecule has 1 aromatic heterocycles. The molecular weight excluding hydrogens is 326 g/mol. The van der Waals surface area contributed by atoms with Gasteiger partial charge in [0, 0.05) is 11.3 Å². The van der Waals surface area contributed by atoms with E-state index in [9.17, 15) is 8.42 Å². The third-order valence-electron chi connectivity index (χ3n) is 3.53. The first kappa shape index (κ1) is 16.2. The van der Waals surface area contributed by atoms with Gasteiger partial charge in [0.15, 0.2) is 15.7 Å². The van der Waals surface area contributed by atoms with E-state index >= 15 is 0 Å². The predicted molar refractivity (Wildman–Crippen MR) is 91.2 cm³/mol. The highest BCUT2D eigenvalue weighted by molar-refractivity contribution is 7.91. The summed E-state index contributed by atoms with van der Waals surface area (Å²) in [6.07, 6.45) is 0. The lowest BCUT2D eigenvalue weighted by molar-refractivity contribution is 0.423. The van der Waals surface area contributed by atoms with Crippen molar-refractivity contribution in [2.24, 2.45) is 0 Å². The fraction of sp³-hybridized carbons (Fsp3) is 0.176. The minimum atomic E-state index is -3.18. The Hall–Kier alpha value is -2.67. The molecule has 1 heterocycles. The van der Waals surface area contributed by atoms with Gasteiger partial charge >= 0.3 is 0 Å². The molecule has 0 radical (unpaired) electrons. The molecule has 0 aliphatic carbocycles. The molecular formula is C17H17N3O3S. The SMILES string of the molecule is CCS(=O)(=O)c1ccc(NCc2noc(-c3ccccc3)n2)cc1. The number of nitrogens with zero attached hydrogens (tertiary/aromatic N) is 2. The third kappa shape index (κ3) is 3.62. The lowest BCUT2D eigenvalue weighted by Gasteiger charge is -2.05. The van der Waals surface area contributed by atoms with E-state index in [1.54, 1.807) is 31.2 Å². The maximum atomic E-state index is 11.8. The number of rotatable bonds is 6. The van der Waals surface area contributed by atoms with E-state index in [-0.39, 0.29) is 5.75 Å². The number of nitrogens with one attached hydrogen (secondary N) is 1. The van der Waals surface area contributed by atoms with Crippen LogP contribution in [0.1, 0.15) is 12.7 Å². The summed E-state index contributed by atoms with van der Waals surface area (Å²) < 4.78 is 28.8. The van der Waals surface area contributed by atoms with Crippen LogP contribution in [0.15, 0.2) is 64.0 Å². The van der Waals surface area contributed by atoms with E-state index in [1.165, 1.54) is 0 Å². The van der Waals surface area contributed by atoms with Crippen LogP contribution in [0, 0.1) is 0 Å². The van der Waals surface area contributed by atoms with E-state index in [0.717, 1.165) is 11.3 Å². The second-order valence-corrected chi connectivity index (χ2v) is 7.44. The Morgan fingerprint density at radius 3 is 2.42 bits per heavy atom. The Labute approximate surface area is 140 Å². The van der Waals surface area contributed by atoms with Gasteiger partial charge in [0.25, 0.3) is 5.89 Å². The number of benzene rings is 2. The molecule has 24 heavy (non-hydrogen) atoms. The van der Waals surface area contributed by atoms with E-state index in [1.807, 2.05) is 30.3 Å². The molecule has 3 aromatic rings. The first-order valence-electron chi connectivity index (χ1n) is 7.53. The highest BCUT2D eigenvalue weighted by Crippen LogP contribution is 2.18. The van der Waals surface area contributed by atoms with Crippen LogP contribution in [0.25, 0.3) is 11.5 Å². The summed E-state index contributed by atoms with van der Waals surface area (Å²) in [5.41, 5.74) is 1.65. The zero-order chi connectivity index (χ0) is 17.0. The fourth-order valence-electron chi connectivity index (χ4n) is 2.15. The standard InChI is InChI=1S/C17H17N3O3S/c1-2-24(21,22)15-10-8-14(9-11-15)18-12-16-19-17(23-20-16)13-6-4-3-5-7-13/h3-11,18H,2,12H2,1H3. The van der Waals surface area contributed by atoms with E-state index in [4.69, 9.17) is 4.52 Å². The van der Waals surface area contributed by atoms with Crippen LogP contribution < -0.4 is 5.32 Å². The number of anilines is 1. The molecule has 0 spiro atoms. The Bertz CT molecular complexity index is 904. The second kappa shape index (κ2) is 6.84. The minimum absolute atomic E-state index is 0.0882. The zero-order valence-electron chi connectivity index (χ0n) is 13.1. The van der Waals surface area contributed by atoms with Crippen molar-refractivity contribution in [1.29, 1.82) is 0 Å². The van der Waals surface area contributed by atoms with E-state index < -0.39 is 9.84 Å². The molecule has 0 saturated carbocycles. The highest BCUT2D eigenvalue weighted by atomic mass is 32.2. The van der Waals surface area contributed by atoms with Gasteiger partial charge in [-0.1, -0.05) is 30.3 Å². The molecule has 3 rings (SSSR count). The van der Waals surface area contributed by atoms with Gasteiger partial charge in [0.1, 0.15) is 0 Å². The molecule has 0 amide bonds. The molecule has 0 aliphatic rings. The quantitative estimate of drug-likeness (QED) is 0.740. The van der Waals surface area contributed by atoms with Crippen LogP contribution in [-0.4, -0.2) is 24.3 Å². The van der Waals surface area contributed by atoms with E-state index in [0.29, 0.717) is 23.2 Å². The van der Waals surface area contributed by atoms with Gasteiger partial charge < -0.3 is 9.84 Å². The van der Waals surface area contributed by atoms with Crippen LogP contribution in [0.3, 0.4) is 0 Å². The monoisotopic (exact) mass is 343 g/mol. The van der Waals surface area contributed by atoms with Crippen molar-refractivity contribution >= 4 is 15.5 Å². The smallest absolute Gasteiger partial charge is 0.257 e.